The summed E-state index contributed by atoms with van der Waals surface area (Å²) >= 11 is 1.63. The molecule has 1 aromatic carbocycles. The lowest BCUT2D eigenvalue weighted by molar-refractivity contribution is 0.154. The van der Waals surface area contributed by atoms with Gasteiger partial charge in [0.15, 0.2) is 0 Å². The van der Waals surface area contributed by atoms with E-state index in [9.17, 15) is 4.57 Å². The molecule has 0 radical (unpaired) electrons. The van der Waals surface area contributed by atoms with Gasteiger partial charge in [0.25, 0.3) is 0 Å². The number of phosphoric acid groups is 1. The SMILES string of the molecule is Cc1cccc(CCCC#Cc2ccc(CCC(C)(N)COP(=O)(O)O)s2)c1. The van der Waals surface area contributed by atoms with Crippen LogP contribution in [0.25, 0.3) is 0 Å². The topological polar surface area (TPSA) is 92.8 Å². The van der Waals surface area contributed by atoms with Crippen molar-refractivity contribution < 1.29 is 18.9 Å². The van der Waals surface area contributed by atoms with Crippen LogP contribution < -0.4 is 5.73 Å². The van der Waals surface area contributed by atoms with Crippen molar-refractivity contribution >= 4 is 19.2 Å². The van der Waals surface area contributed by atoms with Gasteiger partial charge in [-0.3, -0.25) is 4.52 Å². The second kappa shape index (κ2) is 10.4. The second-order valence-electron chi connectivity index (χ2n) is 7.33. The quantitative estimate of drug-likeness (QED) is 0.321. The summed E-state index contributed by atoms with van der Waals surface area (Å²) in [4.78, 5) is 19.7. The van der Waals surface area contributed by atoms with Gasteiger partial charge in [-0.25, -0.2) is 4.57 Å². The number of hydrogen-bond acceptors (Lipinski definition) is 4. The Hall–Kier alpha value is -1.45. The van der Waals surface area contributed by atoms with Gasteiger partial charge in [-0.05, 0) is 57.2 Å². The van der Waals surface area contributed by atoms with Crippen LogP contribution in [0.15, 0.2) is 36.4 Å². The minimum atomic E-state index is -4.49. The summed E-state index contributed by atoms with van der Waals surface area (Å²) in [6.07, 6.45) is 4.23. The first-order valence-electron chi connectivity index (χ1n) is 9.25. The molecule has 0 saturated heterocycles. The predicted molar refractivity (Wildman–Crippen MR) is 114 cm³/mol. The van der Waals surface area contributed by atoms with E-state index in [0.29, 0.717) is 6.42 Å². The number of phosphoric ester groups is 1. The van der Waals surface area contributed by atoms with Gasteiger partial charge in [0, 0.05) is 16.8 Å². The van der Waals surface area contributed by atoms with Crippen LogP contribution in [0.5, 0.6) is 0 Å². The molecule has 0 aliphatic rings. The van der Waals surface area contributed by atoms with E-state index in [1.807, 2.05) is 12.1 Å². The van der Waals surface area contributed by atoms with Crippen LogP contribution in [-0.4, -0.2) is 21.9 Å². The normalized spacial score (nSPS) is 13.6. The minimum Gasteiger partial charge on any atom is -0.323 e. The molecule has 1 unspecified atom stereocenters. The van der Waals surface area contributed by atoms with Gasteiger partial charge in [-0.15, -0.1) is 11.3 Å². The zero-order valence-corrected chi connectivity index (χ0v) is 18.1. The van der Waals surface area contributed by atoms with Gasteiger partial charge in [0.2, 0.25) is 0 Å². The first kappa shape index (κ1) is 22.8. The molecule has 1 aromatic heterocycles. The number of hydrogen-bond donors (Lipinski definition) is 3. The van der Waals surface area contributed by atoms with Gasteiger partial charge < -0.3 is 15.5 Å². The van der Waals surface area contributed by atoms with Crippen molar-refractivity contribution in [3.63, 3.8) is 0 Å². The zero-order valence-electron chi connectivity index (χ0n) is 16.4. The van der Waals surface area contributed by atoms with Crippen molar-refractivity contribution in [1.82, 2.24) is 0 Å². The highest BCUT2D eigenvalue weighted by molar-refractivity contribution is 7.46. The van der Waals surface area contributed by atoms with Gasteiger partial charge in [-0.1, -0.05) is 41.7 Å². The van der Waals surface area contributed by atoms with Crippen LogP contribution in [0.1, 0.15) is 47.1 Å². The average molecular weight is 421 g/mol. The van der Waals surface area contributed by atoms with E-state index >= 15 is 0 Å². The number of aryl methyl sites for hydroxylation is 3. The number of rotatable bonds is 9. The van der Waals surface area contributed by atoms with E-state index in [-0.39, 0.29) is 6.61 Å². The van der Waals surface area contributed by atoms with Crippen LogP contribution in [0, 0.1) is 18.8 Å². The Labute approximate surface area is 171 Å². The largest absolute Gasteiger partial charge is 0.469 e. The fourth-order valence-electron chi connectivity index (χ4n) is 2.69. The number of nitrogens with two attached hydrogens (primary N) is 1. The molecule has 2 rings (SSSR count). The molecule has 2 aromatic rings. The molecule has 0 aliphatic heterocycles. The number of unbranched alkanes of at least 4 members (excludes halogenated alkanes) is 1. The number of thiophene rings is 1. The smallest absolute Gasteiger partial charge is 0.323 e. The Morgan fingerprint density at radius 3 is 2.75 bits per heavy atom. The maximum absolute atomic E-state index is 10.8. The van der Waals surface area contributed by atoms with E-state index in [1.54, 1.807) is 18.3 Å². The molecule has 0 aliphatic carbocycles. The van der Waals surface area contributed by atoms with Crippen molar-refractivity contribution in [2.45, 2.75) is 51.5 Å². The van der Waals surface area contributed by atoms with Crippen LogP contribution in [-0.2, 0) is 21.9 Å². The van der Waals surface area contributed by atoms with E-state index < -0.39 is 13.4 Å². The first-order chi connectivity index (χ1) is 13.1. The first-order valence-corrected chi connectivity index (χ1v) is 11.6. The lowest BCUT2D eigenvalue weighted by Gasteiger charge is -2.24. The summed E-state index contributed by atoms with van der Waals surface area (Å²) in [5, 5.41) is 0. The molecular weight excluding hydrogens is 393 g/mol. The van der Waals surface area contributed by atoms with Crippen LogP contribution >= 0.6 is 19.2 Å². The van der Waals surface area contributed by atoms with E-state index in [1.165, 1.54) is 11.1 Å². The summed E-state index contributed by atoms with van der Waals surface area (Å²) in [6.45, 7) is 3.65. The predicted octanol–water partition coefficient (Wildman–Crippen LogP) is 4.19. The van der Waals surface area contributed by atoms with Crippen molar-refractivity contribution in [3.05, 3.63) is 57.3 Å². The van der Waals surface area contributed by atoms with Crippen molar-refractivity contribution in [3.8, 4) is 11.8 Å². The maximum atomic E-state index is 10.8. The van der Waals surface area contributed by atoms with Gasteiger partial charge in [-0.2, -0.15) is 0 Å². The molecule has 7 heteroatoms. The summed E-state index contributed by atoms with van der Waals surface area (Å²) in [7, 11) is -4.49. The molecular formula is C21H28NO4PS. The molecule has 0 amide bonds. The highest BCUT2D eigenvalue weighted by Gasteiger charge is 2.24. The summed E-state index contributed by atoms with van der Waals surface area (Å²) in [5.74, 6) is 6.45. The third kappa shape index (κ3) is 9.16. The monoisotopic (exact) mass is 421 g/mol. The molecule has 0 spiro atoms. The lowest BCUT2D eigenvalue weighted by Crippen LogP contribution is -2.41. The molecule has 0 fully saturated rings. The maximum Gasteiger partial charge on any atom is 0.469 e. The van der Waals surface area contributed by atoms with Crippen LogP contribution in [0.3, 0.4) is 0 Å². The molecule has 0 saturated carbocycles. The van der Waals surface area contributed by atoms with E-state index in [2.05, 4.69) is 47.6 Å². The van der Waals surface area contributed by atoms with E-state index in [4.69, 9.17) is 15.5 Å². The molecule has 1 atom stereocenters. The molecule has 0 bridgehead atoms. The van der Waals surface area contributed by atoms with E-state index in [0.717, 1.165) is 35.4 Å². The van der Waals surface area contributed by atoms with Crippen molar-refractivity contribution in [2.24, 2.45) is 5.73 Å². The van der Waals surface area contributed by atoms with Gasteiger partial charge in [0.05, 0.1) is 11.5 Å². The third-order valence-electron chi connectivity index (χ3n) is 4.23. The van der Waals surface area contributed by atoms with Crippen LogP contribution in [0.2, 0.25) is 0 Å². The average Bonchev–Trinajstić information content (AvgIpc) is 3.06. The Morgan fingerprint density at radius 1 is 1.25 bits per heavy atom. The zero-order chi connectivity index (χ0) is 20.6. The highest BCUT2D eigenvalue weighted by atomic mass is 32.1. The van der Waals surface area contributed by atoms with Gasteiger partial charge >= 0.3 is 7.82 Å². The molecule has 152 valence electrons. The molecule has 4 N–H and O–H groups in total. The van der Waals surface area contributed by atoms with Crippen molar-refractivity contribution in [1.29, 1.82) is 0 Å². The lowest BCUT2D eigenvalue weighted by atomic mass is 9.98. The number of benzene rings is 1. The summed E-state index contributed by atoms with van der Waals surface area (Å²) in [5.41, 5.74) is 7.90. The third-order valence-corrected chi connectivity index (χ3v) is 5.75. The summed E-state index contributed by atoms with van der Waals surface area (Å²) in [6, 6.07) is 12.6. The molecule has 5 nitrogen and oxygen atoms in total. The highest BCUT2D eigenvalue weighted by Crippen LogP contribution is 2.37. The minimum absolute atomic E-state index is 0.184. The Morgan fingerprint density at radius 2 is 2.04 bits per heavy atom. The Bertz CT molecular complexity index is 876. The molecule has 28 heavy (non-hydrogen) atoms. The van der Waals surface area contributed by atoms with Gasteiger partial charge in [0.1, 0.15) is 0 Å². The fourth-order valence-corrected chi connectivity index (χ4v) is 4.04. The standard InChI is InChI=1S/C21H28NO4PS/c1-17-7-6-9-18(15-17)8-4-3-5-10-19-11-12-20(28-19)13-14-21(2,22)16-26-27(23,24)25/h6-7,9,11-12,15H,3-4,8,13-14,16,22H2,1-2H3,(H2,23,24,25). The summed E-state index contributed by atoms with van der Waals surface area (Å²) < 4.78 is 15.3. The second-order valence-corrected chi connectivity index (χ2v) is 9.74. The van der Waals surface area contributed by atoms with Crippen molar-refractivity contribution in [2.75, 3.05) is 6.61 Å². The Kier molecular flexibility index (Phi) is 8.45. The fraction of sp³-hybridized carbons (Fsp3) is 0.429. The Balaban J connectivity index is 1.75. The molecule has 1 heterocycles. The van der Waals surface area contributed by atoms with Crippen LogP contribution in [0.4, 0.5) is 0 Å².